The van der Waals surface area contributed by atoms with Crippen molar-refractivity contribution in [2.45, 2.75) is 57.3 Å². The van der Waals surface area contributed by atoms with E-state index in [1.165, 1.54) is 0 Å². The molecule has 0 bridgehead atoms. The van der Waals surface area contributed by atoms with E-state index in [4.69, 9.17) is 21.1 Å². The highest BCUT2D eigenvalue weighted by Gasteiger charge is 2.57. The quantitative estimate of drug-likeness (QED) is 0.500. The molecule has 1 atom stereocenters. The second-order valence-corrected chi connectivity index (χ2v) is 12.1. The fraction of sp³-hybridized carbons (Fsp3) is 0.520. The van der Waals surface area contributed by atoms with E-state index in [0.717, 1.165) is 20.6 Å². The molecule has 192 valence electrons. The highest BCUT2D eigenvalue weighted by Crippen LogP contribution is 2.48. The van der Waals surface area contributed by atoms with Gasteiger partial charge in [-0.3, -0.25) is 9.48 Å². The molecule has 1 aromatic heterocycles. The number of ether oxygens (including phenoxy) is 2. The fourth-order valence-electron chi connectivity index (χ4n) is 5.47. The van der Waals surface area contributed by atoms with Gasteiger partial charge in [0.25, 0.3) is 5.91 Å². The summed E-state index contributed by atoms with van der Waals surface area (Å²) in [5.41, 5.74) is 1.04. The molecule has 36 heavy (non-hydrogen) atoms. The molecule has 2 aliphatic heterocycles. The number of benzene rings is 1. The van der Waals surface area contributed by atoms with E-state index >= 15 is 0 Å². The van der Waals surface area contributed by atoms with Crippen molar-refractivity contribution < 1.29 is 23.9 Å². The van der Waals surface area contributed by atoms with Gasteiger partial charge in [0.2, 0.25) is 0 Å². The molecule has 0 N–H and O–H groups in total. The average Bonchev–Trinajstić information content (AvgIpc) is 3.36. The largest absolute Gasteiger partial charge is 0.443 e. The maximum atomic E-state index is 13.5. The zero-order chi connectivity index (χ0) is 26.0. The van der Waals surface area contributed by atoms with Crippen LogP contribution in [0.1, 0.15) is 61.3 Å². The Morgan fingerprint density at radius 2 is 2.03 bits per heavy atom. The molecule has 11 heteroatoms. The van der Waals surface area contributed by atoms with Crippen LogP contribution in [0.5, 0.6) is 0 Å². The minimum absolute atomic E-state index is 0.0412. The van der Waals surface area contributed by atoms with E-state index in [0.29, 0.717) is 36.4 Å². The van der Waals surface area contributed by atoms with Gasteiger partial charge < -0.3 is 14.4 Å². The Balaban J connectivity index is 1.31. The Hall–Kier alpha value is -2.59. The van der Waals surface area contributed by atoms with Crippen LogP contribution in [0, 0.1) is 5.92 Å². The number of carbonyl (C=O) groups excluding carboxylic acids is 3. The van der Waals surface area contributed by atoms with Crippen molar-refractivity contribution >= 4 is 45.6 Å². The van der Waals surface area contributed by atoms with Gasteiger partial charge in [0, 0.05) is 24.5 Å². The molecule has 2 aromatic rings. The van der Waals surface area contributed by atoms with E-state index in [-0.39, 0.29) is 24.4 Å². The number of fused-ring (bicyclic) bond motifs is 1. The predicted octanol–water partition coefficient (Wildman–Crippen LogP) is 5.11. The number of hydrogen-bond acceptors (Lipinski definition) is 6. The summed E-state index contributed by atoms with van der Waals surface area (Å²) >= 11 is 9.94. The lowest BCUT2D eigenvalue weighted by molar-refractivity contribution is -0.0564. The minimum atomic E-state index is -0.726. The highest BCUT2D eigenvalue weighted by atomic mass is 79.9. The number of halogens is 2. The molecule has 3 aliphatic rings. The van der Waals surface area contributed by atoms with Crippen molar-refractivity contribution in [3.8, 4) is 0 Å². The van der Waals surface area contributed by atoms with Crippen LogP contribution in [0.3, 0.4) is 0 Å². The summed E-state index contributed by atoms with van der Waals surface area (Å²) in [6.45, 7) is 5.91. The van der Waals surface area contributed by atoms with Crippen LogP contribution in [-0.2, 0) is 22.9 Å². The van der Waals surface area contributed by atoms with Crippen molar-refractivity contribution in [2.24, 2.45) is 13.0 Å². The molecule has 5 rings (SSSR count). The SMILES string of the molecule is Cn1ncc(Cl)c1CC1c2cccc(Br)c2C(=O)N1CC1CC2(C1)CN(C(=O)OC(C)(C)C)C(=O)O2. The van der Waals surface area contributed by atoms with Crippen LogP contribution in [0.25, 0.3) is 0 Å². The first-order valence-electron chi connectivity index (χ1n) is 11.9. The molecule has 1 aromatic carbocycles. The van der Waals surface area contributed by atoms with Gasteiger partial charge in [0.15, 0.2) is 0 Å². The summed E-state index contributed by atoms with van der Waals surface area (Å²) in [7, 11) is 1.84. The minimum Gasteiger partial charge on any atom is -0.443 e. The molecule has 0 radical (unpaired) electrons. The Morgan fingerprint density at radius 3 is 2.67 bits per heavy atom. The summed E-state index contributed by atoms with van der Waals surface area (Å²) in [6.07, 6.45) is 1.90. The topological polar surface area (TPSA) is 94.0 Å². The molecule has 1 aliphatic carbocycles. The van der Waals surface area contributed by atoms with E-state index < -0.39 is 23.4 Å². The van der Waals surface area contributed by atoms with Crippen LogP contribution in [0.2, 0.25) is 5.02 Å². The first-order valence-corrected chi connectivity index (χ1v) is 13.0. The van der Waals surface area contributed by atoms with E-state index in [2.05, 4.69) is 21.0 Å². The number of rotatable bonds is 4. The second kappa shape index (κ2) is 8.76. The van der Waals surface area contributed by atoms with E-state index in [1.807, 2.05) is 30.1 Å². The van der Waals surface area contributed by atoms with Gasteiger partial charge in [-0.15, -0.1) is 0 Å². The second-order valence-electron chi connectivity index (χ2n) is 10.8. The zero-order valence-electron chi connectivity index (χ0n) is 20.6. The molecular formula is C25H28BrClN4O5. The van der Waals surface area contributed by atoms with Crippen molar-refractivity contribution in [1.29, 1.82) is 0 Å². The maximum absolute atomic E-state index is 13.5. The summed E-state index contributed by atoms with van der Waals surface area (Å²) in [5, 5.41) is 4.81. The number of aryl methyl sites for hydroxylation is 1. The highest BCUT2D eigenvalue weighted by molar-refractivity contribution is 9.10. The normalized spacial score (nSPS) is 25.3. The van der Waals surface area contributed by atoms with E-state index in [1.54, 1.807) is 31.6 Å². The third-order valence-corrected chi connectivity index (χ3v) is 7.99. The summed E-state index contributed by atoms with van der Waals surface area (Å²) in [5.74, 6) is 0.0819. The van der Waals surface area contributed by atoms with Gasteiger partial charge in [-0.05, 0) is 67.1 Å². The van der Waals surface area contributed by atoms with Crippen molar-refractivity contribution in [2.75, 3.05) is 13.1 Å². The molecule has 3 heterocycles. The fourth-order valence-corrected chi connectivity index (χ4v) is 6.26. The lowest BCUT2D eigenvalue weighted by atomic mass is 9.70. The molecule has 1 spiro atoms. The van der Waals surface area contributed by atoms with Gasteiger partial charge in [0.05, 0.1) is 35.1 Å². The summed E-state index contributed by atoms with van der Waals surface area (Å²) < 4.78 is 13.5. The average molecular weight is 580 g/mol. The van der Waals surface area contributed by atoms with Gasteiger partial charge in [-0.2, -0.15) is 5.10 Å². The third kappa shape index (κ3) is 4.38. The van der Waals surface area contributed by atoms with Crippen molar-refractivity contribution in [3.63, 3.8) is 0 Å². The lowest BCUT2D eigenvalue weighted by Gasteiger charge is -2.44. The first kappa shape index (κ1) is 25.1. The molecular weight excluding hydrogens is 552 g/mol. The van der Waals surface area contributed by atoms with Crippen molar-refractivity contribution in [1.82, 2.24) is 19.6 Å². The first-order chi connectivity index (χ1) is 16.9. The van der Waals surface area contributed by atoms with Crippen LogP contribution in [-0.4, -0.2) is 62.0 Å². The number of imide groups is 1. The Labute approximate surface area is 222 Å². The number of amides is 3. The standard InChI is InChI=1S/C25H28BrClN4O5/c1-24(2,3)35-22(33)31-13-25(36-23(31)34)9-14(10-25)12-30-18(8-19-17(27)11-28-29(19)4)15-6-5-7-16(26)20(15)21(30)32/h5-7,11,14,18H,8-10,12-13H2,1-4H3. The van der Waals surface area contributed by atoms with Gasteiger partial charge in [0.1, 0.15) is 11.2 Å². The number of nitrogens with zero attached hydrogens (tertiary/aromatic N) is 4. The number of aromatic nitrogens is 2. The number of hydrogen-bond donors (Lipinski definition) is 0. The Kier molecular flexibility index (Phi) is 6.10. The van der Waals surface area contributed by atoms with Crippen LogP contribution in [0.4, 0.5) is 9.59 Å². The Morgan fingerprint density at radius 1 is 1.31 bits per heavy atom. The molecule has 3 amide bonds. The molecule has 9 nitrogen and oxygen atoms in total. The van der Waals surface area contributed by atoms with E-state index in [9.17, 15) is 14.4 Å². The molecule has 1 unspecified atom stereocenters. The summed E-state index contributed by atoms with van der Waals surface area (Å²) in [4.78, 5) is 41.3. The Bertz CT molecular complexity index is 1230. The monoisotopic (exact) mass is 578 g/mol. The van der Waals surface area contributed by atoms with Gasteiger partial charge in [-0.25, -0.2) is 14.5 Å². The summed E-state index contributed by atoms with van der Waals surface area (Å²) in [6, 6.07) is 5.58. The zero-order valence-corrected chi connectivity index (χ0v) is 22.9. The number of carbonyl (C=O) groups is 3. The maximum Gasteiger partial charge on any atom is 0.420 e. The molecule has 1 saturated carbocycles. The van der Waals surface area contributed by atoms with Gasteiger partial charge >= 0.3 is 12.2 Å². The molecule has 2 fully saturated rings. The predicted molar refractivity (Wildman–Crippen MR) is 135 cm³/mol. The van der Waals surface area contributed by atoms with Crippen LogP contribution >= 0.6 is 27.5 Å². The lowest BCUT2D eigenvalue weighted by Crippen LogP contribution is -2.51. The molecule has 1 saturated heterocycles. The van der Waals surface area contributed by atoms with Gasteiger partial charge in [-0.1, -0.05) is 23.7 Å². The van der Waals surface area contributed by atoms with Crippen molar-refractivity contribution in [3.05, 3.63) is 50.7 Å². The van der Waals surface area contributed by atoms with Crippen LogP contribution in [0.15, 0.2) is 28.9 Å². The van der Waals surface area contributed by atoms with Crippen LogP contribution < -0.4 is 0 Å². The smallest absolute Gasteiger partial charge is 0.420 e. The third-order valence-electron chi connectivity index (χ3n) is 7.01.